The molecule has 2 rings (SSSR count). The van der Waals surface area contributed by atoms with Crippen molar-refractivity contribution in [1.82, 2.24) is 4.90 Å². The number of β-amino-alcohol motifs (C(OH)–C–C–N with tert-alkyl or cyclic N) is 1. The molecule has 1 heterocycles. The highest BCUT2D eigenvalue weighted by Crippen LogP contribution is 2.27. The SMILES string of the molecule is CCC(O)CN1CCSC1=Nc1ccc([N+](=O)[O-])cc1C. The van der Waals surface area contributed by atoms with E-state index in [-0.39, 0.29) is 11.8 Å². The summed E-state index contributed by atoms with van der Waals surface area (Å²) in [5, 5.41) is 21.4. The Kier molecular flexibility index (Phi) is 5.19. The lowest BCUT2D eigenvalue weighted by atomic mass is 10.2. The molecule has 0 aliphatic carbocycles. The monoisotopic (exact) mass is 309 g/mol. The van der Waals surface area contributed by atoms with Gasteiger partial charge in [-0.2, -0.15) is 0 Å². The van der Waals surface area contributed by atoms with Crippen molar-refractivity contribution in [2.45, 2.75) is 26.4 Å². The van der Waals surface area contributed by atoms with Crippen LogP contribution < -0.4 is 0 Å². The molecule has 0 aromatic heterocycles. The molecule has 1 aliphatic rings. The number of aliphatic hydroxyl groups excluding tert-OH is 1. The number of rotatable bonds is 5. The van der Waals surface area contributed by atoms with Gasteiger partial charge in [0.05, 0.1) is 16.7 Å². The fraction of sp³-hybridized carbons (Fsp3) is 0.500. The molecule has 0 bridgehead atoms. The second kappa shape index (κ2) is 6.91. The third kappa shape index (κ3) is 3.95. The minimum absolute atomic E-state index is 0.0776. The third-order valence-corrected chi connectivity index (χ3v) is 4.37. The highest BCUT2D eigenvalue weighted by Gasteiger charge is 2.22. The number of amidine groups is 1. The van der Waals surface area contributed by atoms with Crippen LogP contribution >= 0.6 is 11.8 Å². The Balaban J connectivity index is 2.20. The van der Waals surface area contributed by atoms with Crippen molar-refractivity contribution in [2.75, 3.05) is 18.8 Å². The van der Waals surface area contributed by atoms with Crippen molar-refractivity contribution in [2.24, 2.45) is 4.99 Å². The lowest BCUT2D eigenvalue weighted by Gasteiger charge is -2.20. The molecule has 21 heavy (non-hydrogen) atoms. The van der Waals surface area contributed by atoms with Gasteiger partial charge in [-0.15, -0.1) is 0 Å². The summed E-state index contributed by atoms with van der Waals surface area (Å²) in [7, 11) is 0. The highest BCUT2D eigenvalue weighted by molar-refractivity contribution is 8.14. The lowest BCUT2D eigenvalue weighted by Crippen LogP contribution is -2.32. The topological polar surface area (TPSA) is 79.0 Å². The number of aryl methyl sites for hydroxylation is 1. The van der Waals surface area contributed by atoms with Gasteiger partial charge in [-0.05, 0) is 25.0 Å². The van der Waals surface area contributed by atoms with E-state index in [1.54, 1.807) is 17.8 Å². The van der Waals surface area contributed by atoms with Crippen LogP contribution in [0.3, 0.4) is 0 Å². The second-order valence-electron chi connectivity index (χ2n) is 4.98. The van der Waals surface area contributed by atoms with Gasteiger partial charge in [0.25, 0.3) is 5.69 Å². The van der Waals surface area contributed by atoms with E-state index < -0.39 is 4.92 Å². The van der Waals surface area contributed by atoms with Crippen LogP contribution in [0.2, 0.25) is 0 Å². The Labute approximate surface area is 128 Å². The van der Waals surface area contributed by atoms with Crippen LogP contribution in [-0.4, -0.2) is 45.0 Å². The zero-order chi connectivity index (χ0) is 15.4. The number of aliphatic imine (C=N–C) groups is 1. The number of aliphatic hydroxyl groups is 1. The second-order valence-corrected chi connectivity index (χ2v) is 6.04. The normalized spacial score (nSPS) is 18.2. The minimum atomic E-state index is -0.405. The Morgan fingerprint density at radius 3 is 2.95 bits per heavy atom. The van der Waals surface area contributed by atoms with Crippen LogP contribution in [0.15, 0.2) is 23.2 Å². The van der Waals surface area contributed by atoms with Gasteiger partial charge in [0.2, 0.25) is 0 Å². The van der Waals surface area contributed by atoms with Crippen molar-refractivity contribution in [3.8, 4) is 0 Å². The third-order valence-electron chi connectivity index (χ3n) is 3.37. The molecule has 1 unspecified atom stereocenters. The van der Waals surface area contributed by atoms with Crippen molar-refractivity contribution >= 4 is 28.3 Å². The Morgan fingerprint density at radius 1 is 1.57 bits per heavy atom. The van der Waals surface area contributed by atoms with Gasteiger partial charge in [0.15, 0.2) is 5.17 Å². The van der Waals surface area contributed by atoms with E-state index in [9.17, 15) is 15.2 Å². The first-order valence-corrected chi connectivity index (χ1v) is 7.89. The van der Waals surface area contributed by atoms with E-state index in [0.717, 1.165) is 28.7 Å². The smallest absolute Gasteiger partial charge is 0.269 e. The Hall–Kier alpha value is -1.60. The molecule has 0 saturated carbocycles. The van der Waals surface area contributed by atoms with Crippen LogP contribution in [0, 0.1) is 17.0 Å². The number of nitro groups is 1. The molecule has 1 aromatic carbocycles. The molecule has 1 atom stereocenters. The van der Waals surface area contributed by atoms with Crippen molar-refractivity contribution in [1.29, 1.82) is 0 Å². The van der Waals surface area contributed by atoms with Gasteiger partial charge >= 0.3 is 0 Å². The molecule has 7 heteroatoms. The summed E-state index contributed by atoms with van der Waals surface area (Å²) >= 11 is 1.65. The quantitative estimate of drug-likeness (QED) is 0.668. The molecule has 0 spiro atoms. The van der Waals surface area contributed by atoms with Gasteiger partial charge < -0.3 is 10.0 Å². The number of thioether (sulfide) groups is 1. The minimum Gasteiger partial charge on any atom is -0.391 e. The van der Waals surface area contributed by atoms with Crippen LogP contribution in [0.1, 0.15) is 18.9 Å². The number of benzene rings is 1. The summed E-state index contributed by atoms with van der Waals surface area (Å²) in [6.45, 7) is 5.21. The van der Waals surface area contributed by atoms with E-state index in [1.165, 1.54) is 12.1 Å². The van der Waals surface area contributed by atoms with Gasteiger partial charge in [-0.3, -0.25) is 10.1 Å². The van der Waals surface area contributed by atoms with Crippen molar-refractivity contribution in [3.63, 3.8) is 0 Å². The maximum Gasteiger partial charge on any atom is 0.269 e. The highest BCUT2D eigenvalue weighted by atomic mass is 32.2. The van der Waals surface area contributed by atoms with Gasteiger partial charge in [-0.25, -0.2) is 4.99 Å². The number of hydrogen-bond acceptors (Lipinski definition) is 5. The van der Waals surface area contributed by atoms with Crippen LogP contribution in [0.25, 0.3) is 0 Å². The molecule has 0 radical (unpaired) electrons. The molecule has 1 aliphatic heterocycles. The number of nitro benzene ring substituents is 1. The standard InChI is InChI=1S/C14H19N3O3S/c1-3-12(18)9-16-6-7-21-14(16)15-13-5-4-11(17(19)20)8-10(13)2/h4-5,8,12,18H,3,6-7,9H2,1-2H3. The van der Waals surface area contributed by atoms with Crippen LogP contribution in [-0.2, 0) is 0 Å². The summed E-state index contributed by atoms with van der Waals surface area (Å²) in [6.07, 6.45) is 0.359. The molecular formula is C14H19N3O3S. The average Bonchev–Trinajstić information content (AvgIpc) is 2.87. The fourth-order valence-corrected chi connectivity index (χ4v) is 3.08. The van der Waals surface area contributed by atoms with Crippen molar-refractivity contribution < 1.29 is 10.0 Å². The maximum absolute atomic E-state index is 10.7. The molecule has 6 nitrogen and oxygen atoms in total. The molecule has 114 valence electrons. The van der Waals surface area contributed by atoms with Gasteiger partial charge in [0, 0.05) is 31.0 Å². The summed E-state index contributed by atoms with van der Waals surface area (Å²) in [5.41, 5.74) is 1.59. The first-order chi connectivity index (χ1) is 10.0. The van der Waals surface area contributed by atoms with E-state index in [0.29, 0.717) is 13.0 Å². The predicted octanol–water partition coefficient (Wildman–Crippen LogP) is 2.71. The van der Waals surface area contributed by atoms with E-state index >= 15 is 0 Å². The Bertz CT molecular complexity index is 562. The van der Waals surface area contributed by atoms with E-state index in [1.807, 2.05) is 13.8 Å². The summed E-state index contributed by atoms with van der Waals surface area (Å²) in [5.74, 6) is 0.946. The number of nitrogens with zero attached hydrogens (tertiary/aromatic N) is 3. The average molecular weight is 309 g/mol. The zero-order valence-electron chi connectivity index (χ0n) is 12.2. The van der Waals surface area contributed by atoms with Gasteiger partial charge in [-0.1, -0.05) is 18.7 Å². The summed E-state index contributed by atoms with van der Waals surface area (Å²) < 4.78 is 0. The molecule has 1 fully saturated rings. The van der Waals surface area contributed by atoms with Crippen molar-refractivity contribution in [3.05, 3.63) is 33.9 Å². The predicted molar refractivity (Wildman–Crippen MR) is 85.3 cm³/mol. The van der Waals surface area contributed by atoms with E-state index in [4.69, 9.17) is 0 Å². The first kappa shape index (κ1) is 15.8. The zero-order valence-corrected chi connectivity index (χ0v) is 13.0. The van der Waals surface area contributed by atoms with Crippen LogP contribution in [0.4, 0.5) is 11.4 Å². The fourth-order valence-electron chi connectivity index (χ4n) is 2.07. The maximum atomic E-state index is 10.7. The van der Waals surface area contributed by atoms with Gasteiger partial charge in [0.1, 0.15) is 0 Å². The van der Waals surface area contributed by atoms with Crippen LogP contribution in [0.5, 0.6) is 0 Å². The molecule has 1 aromatic rings. The number of non-ortho nitro benzene ring substituents is 1. The molecule has 0 amide bonds. The molecule has 1 N–H and O–H groups in total. The number of hydrogen-bond donors (Lipinski definition) is 1. The largest absolute Gasteiger partial charge is 0.391 e. The first-order valence-electron chi connectivity index (χ1n) is 6.90. The molecular weight excluding hydrogens is 290 g/mol. The Morgan fingerprint density at radius 2 is 2.33 bits per heavy atom. The summed E-state index contributed by atoms with van der Waals surface area (Å²) in [4.78, 5) is 17.0. The lowest BCUT2D eigenvalue weighted by molar-refractivity contribution is -0.384. The summed E-state index contributed by atoms with van der Waals surface area (Å²) in [6, 6.07) is 4.68. The van der Waals surface area contributed by atoms with E-state index in [2.05, 4.69) is 9.89 Å². The molecule has 1 saturated heterocycles.